The van der Waals surface area contributed by atoms with Gasteiger partial charge in [-0.25, -0.2) is 0 Å². The van der Waals surface area contributed by atoms with Crippen molar-refractivity contribution in [1.29, 1.82) is 0 Å². The Morgan fingerprint density at radius 2 is 1.90 bits per heavy atom. The summed E-state index contributed by atoms with van der Waals surface area (Å²) in [5, 5.41) is 0.161. The molecule has 2 aromatic rings. The van der Waals surface area contributed by atoms with E-state index in [4.69, 9.17) is 21.1 Å². The van der Waals surface area contributed by atoms with Crippen LogP contribution in [-0.2, 0) is 20.9 Å². The Morgan fingerprint density at radius 1 is 1.17 bits per heavy atom. The molecule has 0 aromatic heterocycles. The first-order valence-electron chi connectivity index (χ1n) is 9.24. The Morgan fingerprint density at radius 3 is 2.60 bits per heavy atom. The van der Waals surface area contributed by atoms with Crippen LogP contribution in [0, 0.1) is 0 Å². The van der Waals surface area contributed by atoms with Crippen molar-refractivity contribution in [3.63, 3.8) is 0 Å². The van der Waals surface area contributed by atoms with Crippen LogP contribution in [0.2, 0.25) is 5.02 Å². The fraction of sp³-hybridized carbons (Fsp3) is 0.227. The summed E-state index contributed by atoms with van der Waals surface area (Å²) in [5.74, 6) is -0.511. The van der Waals surface area contributed by atoms with Gasteiger partial charge >= 0.3 is 5.97 Å². The average Bonchev–Trinajstić information content (AvgIpc) is 2.94. The van der Waals surface area contributed by atoms with E-state index in [1.54, 1.807) is 56.3 Å². The third-order valence-electron chi connectivity index (χ3n) is 4.00. The fourth-order valence-electron chi connectivity index (χ4n) is 2.66. The number of nitrogens with zero attached hydrogens (tertiary/aromatic N) is 1. The molecular weight excluding hydrogens is 426 g/mol. The van der Waals surface area contributed by atoms with E-state index < -0.39 is 23.7 Å². The maximum absolute atomic E-state index is 12.5. The van der Waals surface area contributed by atoms with Crippen LogP contribution >= 0.6 is 23.4 Å². The number of benzene rings is 2. The third-order valence-corrected chi connectivity index (χ3v) is 5.16. The standard InChI is InChI=1S/C22H20ClNO5S/c1-14(2)29-20(25)12-24-21(26)19(30-22(24)27)11-16-4-3-5-18(10-16)28-13-15-6-8-17(23)9-7-15/h3-11,14H,12-13H2,1-2H3/b19-11+. The van der Waals surface area contributed by atoms with E-state index in [2.05, 4.69) is 0 Å². The molecule has 0 aliphatic carbocycles. The molecule has 0 spiro atoms. The molecule has 0 radical (unpaired) electrons. The maximum Gasteiger partial charge on any atom is 0.326 e. The van der Waals surface area contributed by atoms with Gasteiger partial charge in [0.05, 0.1) is 11.0 Å². The molecule has 1 heterocycles. The highest BCUT2D eigenvalue weighted by Gasteiger charge is 2.36. The smallest absolute Gasteiger partial charge is 0.326 e. The average molecular weight is 446 g/mol. The van der Waals surface area contributed by atoms with E-state index in [0.717, 1.165) is 22.2 Å². The van der Waals surface area contributed by atoms with Crippen molar-refractivity contribution in [3.8, 4) is 5.75 Å². The van der Waals surface area contributed by atoms with Crippen molar-refractivity contribution in [2.24, 2.45) is 0 Å². The SMILES string of the molecule is CC(C)OC(=O)CN1C(=O)S/C(=C/c2cccc(OCc3ccc(Cl)cc3)c2)C1=O. The second-order valence-electron chi connectivity index (χ2n) is 6.79. The number of carbonyl (C=O) groups excluding carboxylic acids is 3. The molecule has 0 unspecified atom stereocenters. The Labute approximate surface area is 183 Å². The zero-order valence-electron chi connectivity index (χ0n) is 16.5. The molecule has 0 N–H and O–H groups in total. The van der Waals surface area contributed by atoms with Gasteiger partial charge in [-0.15, -0.1) is 0 Å². The predicted molar refractivity (Wildman–Crippen MR) is 116 cm³/mol. The van der Waals surface area contributed by atoms with E-state index >= 15 is 0 Å². The Kier molecular flexibility index (Phi) is 7.18. The fourth-order valence-corrected chi connectivity index (χ4v) is 3.62. The highest BCUT2D eigenvalue weighted by atomic mass is 35.5. The molecule has 1 saturated heterocycles. The zero-order chi connectivity index (χ0) is 21.7. The molecule has 30 heavy (non-hydrogen) atoms. The molecule has 1 fully saturated rings. The number of amides is 2. The van der Waals surface area contributed by atoms with Crippen LogP contribution < -0.4 is 4.74 Å². The van der Waals surface area contributed by atoms with E-state index in [9.17, 15) is 14.4 Å². The van der Waals surface area contributed by atoms with E-state index in [1.165, 1.54) is 0 Å². The van der Waals surface area contributed by atoms with Crippen LogP contribution in [0.5, 0.6) is 5.75 Å². The summed E-state index contributed by atoms with van der Waals surface area (Å²) in [6.07, 6.45) is 1.29. The minimum absolute atomic E-state index is 0.243. The van der Waals surface area contributed by atoms with Gasteiger partial charge in [-0.05, 0) is 67.1 Å². The molecule has 6 nitrogen and oxygen atoms in total. The van der Waals surface area contributed by atoms with Crippen molar-refractivity contribution in [1.82, 2.24) is 4.90 Å². The van der Waals surface area contributed by atoms with Gasteiger partial charge in [0, 0.05) is 5.02 Å². The summed E-state index contributed by atoms with van der Waals surface area (Å²) in [5.41, 5.74) is 1.68. The summed E-state index contributed by atoms with van der Waals surface area (Å²) in [7, 11) is 0. The first-order chi connectivity index (χ1) is 14.3. The maximum atomic E-state index is 12.5. The molecule has 8 heteroatoms. The lowest BCUT2D eigenvalue weighted by atomic mass is 10.2. The van der Waals surface area contributed by atoms with Crippen molar-refractivity contribution in [3.05, 3.63) is 69.6 Å². The molecular formula is C22H20ClNO5S. The quantitative estimate of drug-likeness (QED) is 0.445. The topological polar surface area (TPSA) is 72.9 Å². The summed E-state index contributed by atoms with van der Waals surface area (Å²) in [6, 6.07) is 14.5. The summed E-state index contributed by atoms with van der Waals surface area (Å²) in [6.45, 7) is 3.38. The first-order valence-corrected chi connectivity index (χ1v) is 10.4. The van der Waals surface area contributed by atoms with Gasteiger partial charge in [0.1, 0.15) is 18.9 Å². The number of carbonyl (C=O) groups is 3. The van der Waals surface area contributed by atoms with Crippen LogP contribution in [0.15, 0.2) is 53.4 Å². The highest BCUT2D eigenvalue weighted by Crippen LogP contribution is 2.32. The first kappa shape index (κ1) is 21.9. The van der Waals surface area contributed by atoms with Crippen LogP contribution in [0.1, 0.15) is 25.0 Å². The Balaban J connectivity index is 1.67. The van der Waals surface area contributed by atoms with E-state index in [1.807, 2.05) is 12.1 Å². The van der Waals surface area contributed by atoms with E-state index in [-0.39, 0.29) is 11.0 Å². The normalized spacial score (nSPS) is 15.2. The van der Waals surface area contributed by atoms with Gasteiger partial charge in [-0.1, -0.05) is 35.9 Å². The number of ether oxygens (including phenoxy) is 2. The summed E-state index contributed by atoms with van der Waals surface area (Å²) in [4.78, 5) is 37.6. The molecule has 0 saturated carbocycles. The minimum atomic E-state index is -0.619. The lowest BCUT2D eigenvalue weighted by molar-refractivity contribution is -0.149. The van der Waals surface area contributed by atoms with Crippen molar-refractivity contribution in [2.75, 3.05) is 6.54 Å². The number of imide groups is 1. The number of hydrogen-bond acceptors (Lipinski definition) is 6. The molecule has 3 rings (SSSR count). The van der Waals surface area contributed by atoms with Crippen LogP contribution in [0.3, 0.4) is 0 Å². The molecule has 1 aliphatic heterocycles. The lowest BCUT2D eigenvalue weighted by Crippen LogP contribution is -2.35. The number of rotatable bonds is 7. The van der Waals surface area contributed by atoms with Crippen molar-refractivity contribution in [2.45, 2.75) is 26.6 Å². The van der Waals surface area contributed by atoms with Gasteiger partial charge < -0.3 is 9.47 Å². The molecule has 0 bridgehead atoms. The van der Waals surface area contributed by atoms with Crippen LogP contribution in [-0.4, -0.2) is 34.7 Å². The Bertz CT molecular complexity index is 987. The van der Waals surface area contributed by atoms with Gasteiger partial charge in [-0.2, -0.15) is 0 Å². The van der Waals surface area contributed by atoms with Crippen LogP contribution in [0.25, 0.3) is 6.08 Å². The molecule has 2 amide bonds. The van der Waals surface area contributed by atoms with Crippen LogP contribution in [0.4, 0.5) is 4.79 Å². The summed E-state index contributed by atoms with van der Waals surface area (Å²) < 4.78 is 10.8. The molecule has 0 atom stereocenters. The largest absolute Gasteiger partial charge is 0.489 e. The number of hydrogen-bond donors (Lipinski definition) is 0. The van der Waals surface area contributed by atoms with Crippen molar-refractivity contribution >= 4 is 46.6 Å². The van der Waals surface area contributed by atoms with Gasteiger partial charge in [0.15, 0.2) is 0 Å². The van der Waals surface area contributed by atoms with Gasteiger partial charge in [0.2, 0.25) is 0 Å². The highest BCUT2D eigenvalue weighted by molar-refractivity contribution is 8.18. The number of thioether (sulfide) groups is 1. The van der Waals surface area contributed by atoms with Crippen molar-refractivity contribution < 1.29 is 23.9 Å². The van der Waals surface area contributed by atoms with Gasteiger partial charge in [-0.3, -0.25) is 19.3 Å². The van der Waals surface area contributed by atoms with E-state index in [0.29, 0.717) is 22.9 Å². The second kappa shape index (κ2) is 9.82. The summed E-state index contributed by atoms with van der Waals surface area (Å²) >= 11 is 6.68. The molecule has 156 valence electrons. The lowest BCUT2D eigenvalue weighted by Gasteiger charge is -2.13. The minimum Gasteiger partial charge on any atom is -0.489 e. The second-order valence-corrected chi connectivity index (χ2v) is 8.22. The number of esters is 1. The Hall–Kier alpha value is -2.77. The third kappa shape index (κ3) is 5.87. The molecule has 1 aliphatic rings. The van der Waals surface area contributed by atoms with Gasteiger partial charge in [0.25, 0.3) is 11.1 Å². The number of halogens is 1. The predicted octanol–water partition coefficient (Wildman–Crippen LogP) is 4.91. The molecule has 2 aromatic carbocycles. The zero-order valence-corrected chi connectivity index (χ0v) is 18.0. The monoisotopic (exact) mass is 445 g/mol.